The van der Waals surface area contributed by atoms with Crippen molar-refractivity contribution >= 4 is 17.3 Å². The fourth-order valence-corrected chi connectivity index (χ4v) is 2.36. The van der Waals surface area contributed by atoms with Crippen molar-refractivity contribution in [1.29, 1.82) is 0 Å². The number of guanidine groups is 1. The molecule has 2 rings (SSSR count). The molecule has 0 aliphatic heterocycles. The highest BCUT2D eigenvalue weighted by Gasteiger charge is 2.08. The van der Waals surface area contributed by atoms with Gasteiger partial charge in [0.2, 0.25) is 5.89 Å². The molecule has 2 N–H and O–H groups in total. The minimum absolute atomic E-state index is 0.442. The van der Waals surface area contributed by atoms with Gasteiger partial charge in [-0.2, -0.15) is 0 Å². The first-order valence-corrected chi connectivity index (χ1v) is 7.15. The molecule has 0 fully saturated rings. The smallest absolute Gasteiger partial charge is 0.236 e. The molecule has 0 bridgehead atoms. The molecule has 0 amide bonds. The van der Waals surface area contributed by atoms with E-state index in [-0.39, 0.29) is 0 Å². The summed E-state index contributed by atoms with van der Waals surface area (Å²) in [6.45, 7) is 6.25. The van der Waals surface area contributed by atoms with Gasteiger partial charge in [0.05, 0.1) is 11.4 Å². The SMILES string of the molecule is CCN(CC)C(N)=NCc1coc(-c2cccs2)n1. The van der Waals surface area contributed by atoms with Gasteiger partial charge in [-0.05, 0) is 25.3 Å². The van der Waals surface area contributed by atoms with Crippen LogP contribution in [0.2, 0.25) is 0 Å². The van der Waals surface area contributed by atoms with Crippen LogP contribution in [-0.2, 0) is 6.54 Å². The van der Waals surface area contributed by atoms with Crippen LogP contribution in [0.3, 0.4) is 0 Å². The summed E-state index contributed by atoms with van der Waals surface area (Å²) in [5.74, 6) is 1.19. The van der Waals surface area contributed by atoms with E-state index in [1.54, 1.807) is 17.6 Å². The predicted octanol–water partition coefficient (Wildman–Crippen LogP) is 2.56. The number of hydrogen-bond acceptors (Lipinski definition) is 4. The maximum Gasteiger partial charge on any atom is 0.236 e. The maximum absolute atomic E-state index is 5.91. The highest BCUT2D eigenvalue weighted by molar-refractivity contribution is 7.13. The van der Waals surface area contributed by atoms with Crippen LogP contribution in [-0.4, -0.2) is 28.9 Å². The van der Waals surface area contributed by atoms with Crippen LogP contribution in [0, 0.1) is 0 Å². The second-order valence-electron chi connectivity index (χ2n) is 3.97. The molecule has 6 heteroatoms. The lowest BCUT2D eigenvalue weighted by molar-refractivity contribution is 0.458. The Morgan fingerprint density at radius 1 is 1.47 bits per heavy atom. The molecule has 0 aromatic carbocycles. The van der Waals surface area contributed by atoms with E-state index in [1.807, 2.05) is 22.4 Å². The second kappa shape index (κ2) is 6.38. The lowest BCUT2D eigenvalue weighted by atomic mass is 10.4. The van der Waals surface area contributed by atoms with Gasteiger partial charge in [-0.25, -0.2) is 9.98 Å². The minimum atomic E-state index is 0.442. The van der Waals surface area contributed by atoms with Gasteiger partial charge in [-0.1, -0.05) is 6.07 Å². The van der Waals surface area contributed by atoms with Crippen molar-refractivity contribution in [3.8, 4) is 10.8 Å². The fraction of sp³-hybridized carbons (Fsp3) is 0.385. The Bertz CT molecular complexity index is 529. The molecule has 102 valence electrons. The molecule has 0 saturated carbocycles. The lowest BCUT2D eigenvalue weighted by Gasteiger charge is -2.18. The van der Waals surface area contributed by atoms with Gasteiger partial charge in [-0.3, -0.25) is 0 Å². The topological polar surface area (TPSA) is 67.7 Å². The molecule has 0 radical (unpaired) electrons. The molecule has 2 heterocycles. The van der Waals surface area contributed by atoms with Crippen LogP contribution >= 0.6 is 11.3 Å². The number of nitrogens with zero attached hydrogens (tertiary/aromatic N) is 3. The summed E-state index contributed by atoms with van der Waals surface area (Å²) in [4.78, 5) is 11.8. The van der Waals surface area contributed by atoms with Crippen molar-refractivity contribution < 1.29 is 4.42 Å². The third-order valence-corrected chi connectivity index (χ3v) is 3.63. The summed E-state index contributed by atoms with van der Waals surface area (Å²) < 4.78 is 5.43. The van der Waals surface area contributed by atoms with Crippen molar-refractivity contribution in [2.24, 2.45) is 10.7 Å². The predicted molar refractivity (Wildman–Crippen MR) is 78.1 cm³/mol. The van der Waals surface area contributed by atoms with Crippen molar-refractivity contribution in [3.63, 3.8) is 0 Å². The van der Waals surface area contributed by atoms with Gasteiger partial charge in [-0.15, -0.1) is 11.3 Å². The Hall–Kier alpha value is -1.82. The molecular formula is C13H18N4OS. The van der Waals surface area contributed by atoms with E-state index in [0.717, 1.165) is 23.7 Å². The summed E-state index contributed by atoms with van der Waals surface area (Å²) >= 11 is 1.60. The van der Waals surface area contributed by atoms with Crippen LogP contribution < -0.4 is 5.73 Å². The zero-order valence-corrected chi connectivity index (χ0v) is 12.0. The van der Waals surface area contributed by atoms with E-state index < -0.39 is 0 Å². The van der Waals surface area contributed by atoms with Crippen LogP contribution in [0.15, 0.2) is 33.2 Å². The standard InChI is InChI=1S/C13H18N4OS/c1-3-17(4-2)13(14)15-8-10-9-18-12(16-10)11-6-5-7-19-11/h5-7,9H,3-4,8H2,1-2H3,(H2,14,15). The van der Waals surface area contributed by atoms with E-state index in [1.165, 1.54) is 0 Å². The Labute approximate surface area is 116 Å². The zero-order valence-electron chi connectivity index (χ0n) is 11.2. The van der Waals surface area contributed by atoms with Crippen LogP contribution in [0.4, 0.5) is 0 Å². The third-order valence-electron chi connectivity index (χ3n) is 2.77. The van der Waals surface area contributed by atoms with E-state index in [9.17, 15) is 0 Å². The molecule has 0 saturated heterocycles. The Morgan fingerprint density at radius 2 is 2.26 bits per heavy atom. The normalized spacial score (nSPS) is 11.8. The molecule has 0 unspecified atom stereocenters. The lowest BCUT2D eigenvalue weighted by Crippen LogP contribution is -2.37. The number of thiophene rings is 1. The van der Waals surface area contributed by atoms with Gasteiger partial charge in [0.25, 0.3) is 0 Å². The average molecular weight is 278 g/mol. The Kier molecular flexibility index (Phi) is 4.57. The van der Waals surface area contributed by atoms with E-state index in [0.29, 0.717) is 18.4 Å². The summed E-state index contributed by atoms with van der Waals surface area (Å²) in [5.41, 5.74) is 6.70. The van der Waals surface area contributed by atoms with Crippen LogP contribution in [0.1, 0.15) is 19.5 Å². The highest BCUT2D eigenvalue weighted by atomic mass is 32.1. The molecule has 0 aliphatic carbocycles. The van der Waals surface area contributed by atoms with Crippen molar-refractivity contribution in [2.45, 2.75) is 20.4 Å². The van der Waals surface area contributed by atoms with Gasteiger partial charge in [0.1, 0.15) is 12.0 Å². The molecule has 0 spiro atoms. The quantitative estimate of drug-likeness (QED) is 0.674. The first kappa shape index (κ1) is 13.6. The average Bonchev–Trinajstić information content (AvgIpc) is 3.08. The van der Waals surface area contributed by atoms with Gasteiger partial charge in [0.15, 0.2) is 5.96 Å². The van der Waals surface area contributed by atoms with E-state index in [2.05, 4.69) is 23.8 Å². The Morgan fingerprint density at radius 3 is 2.89 bits per heavy atom. The maximum atomic E-state index is 5.91. The number of nitrogens with two attached hydrogens (primary N) is 1. The van der Waals surface area contributed by atoms with Crippen molar-refractivity contribution in [3.05, 3.63) is 29.5 Å². The number of aliphatic imine (C=N–C) groups is 1. The summed E-state index contributed by atoms with van der Waals surface area (Å²) in [7, 11) is 0. The zero-order chi connectivity index (χ0) is 13.7. The van der Waals surface area contributed by atoms with E-state index in [4.69, 9.17) is 10.2 Å². The summed E-state index contributed by atoms with van der Waals surface area (Å²) in [5, 5.41) is 2.00. The first-order valence-electron chi connectivity index (χ1n) is 6.27. The number of aromatic nitrogens is 1. The second-order valence-corrected chi connectivity index (χ2v) is 4.92. The van der Waals surface area contributed by atoms with Gasteiger partial charge >= 0.3 is 0 Å². The van der Waals surface area contributed by atoms with E-state index >= 15 is 0 Å². The summed E-state index contributed by atoms with van der Waals surface area (Å²) in [6, 6.07) is 3.95. The summed E-state index contributed by atoms with van der Waals surface area (Å²) in [6.07, 6.45) is 1.63. The largest absolute Gasteiger partial charge is 0.443 e. The molecule has 0 aliphatic rings. The first-order chi connectivity index (χ1) is 9.24. The minimum Gasteiger partial charge on any atom is -0.443 e. The third kappa shape index (κ3) is 3.35. The Balaban J connectivity index is 2.02. The van der Waals surface area contributed by atoms with Crippen LogP contribution in [0.5, 0.6) is 0 Å². The number of oxazole rings is 1. The van der Waals surface area contributed by atoms with Gasteiger partial charge < -0.3 is 15.1 Å². The highest BCUT2D eigenvalue weighted by Crippen LogP contribution is 2.23. The molecular weight excluding hydrogens is 260 g/mol. The molecule has 2 aromatic heterocycles. The number of hydrogen-bond donors (Lipinski definition) is 1. The van der Waals surface area contributed by atoms with Crippen molar-refractivity contribution in [1.82, 2.24) is 9.88 Å². The molecule has 0 atom stereocenters. The van der Waals surface area contributed by atoms with Crippen molar-refractivity contribution in [2.75, 3.05) is 13.1 Å². The monoisotopic (exact) mass is 278 g/mol. The molecule has 19 heavy (non-hydrogen) atoms. The molecule has 2 aromatic rings. The number of rotatable bonds is 5. The van der Waals surface area contributed by atoms with Gasteiger partial charge in [0, 0.05) is 13.1 Å². The molecule has 5 nitrogen and oxygen atoms in total. The van der Waals surface area contributed by atoms with Crippen LogP contribution in [0.25, 0.3) is 10.8 Å². The fourth-order valence-electron chi connectivity index (χ4n) is 1.70.